The van der Waals surface area contributed by atoms with Crippen molar-refractivity contribution in [2.75, 3.05) is 13.1 Å². The average molecular weight is 402 g/mol. The molecule has 28 heavy (non-hydrogen) atoms. The lowest BCUT2D eigenvalue weighted by Crippen LogP contribution is -2.39. The van der Waals surface area contributed by atoms with Crippen LogP contribution in [-0.4, -0.2) is 35.2 Å². The number of carbonyl (C=O) groups is 1. The fraction of sp³-hybridized carbons (Fsp3) is 0.435. The van der Waals surface area contributed by atoms with Crippen LogP contribution in [0.1, 0.15) is 60.1 Å². The highest BCUT2D eigenvalue weighted by Crippen LogP contribution is 2.34. The van der Waals surface area contributed by atoms with Crippen molar-refractivity contribution in [2.45, 2.75) is 51.4 Å². The van der Waals surface area contributed by atoms with Crippen LogP contribution in [0.2, 0.25) is 5.02 Å². The third-order valence-electron chi connectivity index (χ3n) is 5.41. The molecule has 1 saturated heterocycles. The van der Waals surface area contributed by atoms with Crippen LogP contribution in [-0.2, 0) is 11.3 Å². The van der Waals surface area contributed by atoms with Crippen LogP contribution in [0.15, 0.2) is 48.5 Å². The van der Waals surface area contributed by atoms with Gasteiger partial charge < -0.3 is 9.84 Å². The van der Waals surface area contributed by atoms with Gasteiger partial charge in [-0.25, -0.2) is 4.79 Å². The van der Waals surface area contributed by atoms with Crippen molar-refractivity contribution in [3.05, 3.63) is 70.2 Å². The minimum Gasteiger partial charge on any atom is -0.478 e. The fourth-order valence-electron chi connectivity index (χ4n) is 3.88. The zero-order valence-electron chi connectivity index (χ0n) is 16.3. The summed E-state index contributed by atoms with van der Waals surface area (Å²) in [7, 11) is 0. The molecule has 4 nitrogen and oxygen atoms in total. The lowest BCUT2D eigenvalue weighted by Gasteiger charge is -2.38. The fourth-order valence-corrected chi connectivity index (χ4v) is 4.19. The largest absolute Gasteiger partial charge is 0.478 e. The topological polar surface area (TPSA) is 49.8 Å². The lowest BCUT2D eigenvalue weighted by molar-refractivity contribution is -0.0122. The van der Waals surface area contributed by atoms with Crippen LogP contribution in [0.5, 0.6) is 0 Å². The quantitative estimate of drug-likeness (QED) is 0.629. The molecule has 5 heteroatoms. The molecule has 0 saturated carbocycles. The van der Waals surface area contributed by atoms with Gasteiger partial charge in [0, 0.05) is 24.2 Å². The Labute approximate surface area is 172 Å². The molecule has 1 unspecified atom stereocenters. The summed E-state index contributed by atoms with van der Waals surface area (Å²) in [5.41, 5.74) is 2.47. The third kappa shape index (κ3) is 5.34. The maximum atomic E-state index is 11.2. The van der Waals surface area contributed by atoms with E-state index in [4.69, 9.17) is 21.4 Å². The molecule has 0 radical (unpaired) electrons. The number of likely N-dealkylation sites (tertiary alicyclic amines) is 1. The number of nitrogens with zero attached hydrogens (tertiary/aromatic N) is 1. The normalized spacial score (nSPS) is 16.8. The molecule has 3 rings (SSSR count). The second-order valence-electron chi connectivity index (χ2n) is 7.38. The molecule has 0 aliphatic carbocycles. The highest BCUT2D eigenvalue weighted by Gasteiger charge is 2.27. The number of rotatable bonds is 8. The number of piperidine rings is 1. The number of benzene rings is 2. The predicted molar refractivity (Wildman–Crippen MR) is 112 cm³/mol. The first-order chi connectivity index (χ1) is 13.6. The van der Waals surface area contributed by atoms with Gasteiger partial charge in [-0.3, -0.25) is 4.90 Å². The van der Waals surface area contributed by atoms with Crippen molar-refractivity contribution in [2.24, 2.45) is 0 Å². The molecule has 150 valence electrons. The average Bonchev–Trinajstić information content (AvgIpc) is 2.72. The summed E-state index contributed by atoms with van der Waals surface area (Å²) in [6.07, 6.45) is 4.33. The molecule has 0 amide bonds. The summed E-state index contributed by atoms with van der Waals surface area (Å²) in [5, 5.41) is 9.71. The van der Waals surface area contributed by atoms with Gasteiger partial charge in [0.15, 0.2) is 0 Å². The Bertz CT molecular complexity index is 773. The van der Waals surface area contributed by atoms with E-state index in [-0.39, 0.29) is 17.7 Å². The van der Waals surface area contributed by atoms with Crippen LogP contribution in [0, 0.1) is 0 Å². The summed E-state index contributed by atoms with van der Waals surface area (Å²) in [6, 6.07) is 15.6. The Hall–Kier alpha value is -1.88. The maximum Gasteiger partial charge on any atom is 0.335 e. The SMILES string of the molecule is CCCC(c1ccc(C(=O)O)cc1Cl)N1CCC(OCc2ccccc2)CC1. The van der Waals surface area contributed by atoms with Gasteiger partial charge in [0.05, 0.1) is 18.3 Å². The van der Waals surface area contributed by atoms with E-state index in [1.165, 1.54) is 5.56 Å². The highest BCUT2D eigenvalue weighted by atomic mass is 35.5. The lowest BCUT2D eigenvalue weighted by atomic mass is 9.96. The molecule has 1 N–H and O–H groups in total. The van der Waals surface area contributed by atoms with Gasteiger partial charge >= 0.3 is 5.97 Å². The Morgan fingerprint density at radius 3 is 2.54 bits per heavy atom. The molecule has 2 aromatic rings. The molecular weight excluding hydrogens is 374 g/mol. The Balaban J connectivity index is 1.61. The van der Waals surface area contributed by atoms with Crippen LogP contribution in [0.25, 0.3) is 0 Å². The number of carboxylic acids is 1. The van der Waals surface area contributed by atoms with Crippen molar-refractivity contribution in [3.63, 3.8) is 0 Å². The van der Waals surface area contributed by atoms with Crippen LogP contribution in [0.4, 0.5) is 0 Å². The van der Waals surface area contributed by atoms with E-state index in [0.717, 1.165) is 44.3 Å². The number of carboxylic acid groups (broad SMARTS) is 1. The van der Waals surface area contributed by atoms with Crippen molar-refractivity contribution in [1.29, 1.82) is 0 Å². The molecule has 2 aromatic carbocycles. The molecule has 0 aromatic heterocycles. The predicted octanol–water partition coefficient (Wildman–Crippen LogP) is 5.56. The van der Waals surface area contributed by atoms with E-state index in [0.29, 0.717) is 11.6 Å². The van der Waals surface area contributed by atoms with Gasteiger partial charge in [-0.05, 0) is 42.5 Å². The van der Waals surface area contributed by atoms with E-state index in [2.05, 4.69) is 24.0 Å². The second kappa shape index (κ2) is 10.1. The van der Waals surface area contributed by atoms with E-state index in [1.54, 1.807) is 12.1 Å². The van der Waals surface area contributed by atoms with Gasteiger partial charge in [-0.15, -0.1) is 0 Å². The summed E-state index contributed by atoms with van der Waals surface area (Å²) in [4.78, 5) is 13.6. The minimum atomic E-state index is -0.947. The van der Waals surface area contributed by atoms with E-state index < -0.39 is 5.97 Å². The summed E-state index contributed by atoms with van der Waals surface area (Å²) in [5.74, 6) is -0.947. The summed E-state index contributed by atoms with van der Waals surface area (Å²) < 4.78 is 6.11. The first-order valence-corrected chi connectivity index (χ1v) is 10.4. The standard InChI is InChI=1S/C23H28ClNO3/c1-2-6-22(20-10-9-18(23(26)27)15-21(20)24)25-13-11-19(12-14-25)28-16-17-7-4-3-5-8-17/h3-5,7-10,15,19,22H,2,6,11-14,16H2,1H3,(H,26,27). The first kappa shape index (κ1) is 20.8. The molecule has 1 heterocycles. The van der Waals surface area contributed by atoms with Gasteiger partial charge in [0.25, 0.3) is 0 Å². The van der Waals surface area contributed by atoms with Crippen molar-refractivity contribution in [3.8, 4) is 0 Å². The highest BCUT2D eigenvalue weighted by molar-refractivity contribution is 6.31. The molecule has 1 aliphatic rings. The second-order valence-corrected chi connectivity index (χ2v) is 7.79. The van der Waals surface area contributed by atoms with Gasteiger partial charge in [0.2, 0.25) is 0 Å². The number of hydrogen-bond donors (Lipinski definition) is 1. The monoisotopic (exact) mass is 401 g/mol. The molecule has 0 spiro atoms. The number of aromatic carboxylic acids is 1. The van der Waals surface area contributed by atoms with Crippen molar-refractivity contribution in [1.82, 2.24) is 4.90 Å². The summed E-state index contributed by atoms with van der Waals surface area (Å²) in [6.45, 7) is 4.75. The first-order valence-electron chi connectivity index (χ1n) is 10.0. The van der Waals surface area contributed by atoms with Crippen molar-refractivity contribution < 1.29 is 14.6 Å². The molecule has 1 aliphatic heterocycles. The Morgan fingerprint density at radius 2 is 1.93 bits per heavy atom. The molecule has 1 fully saturated rings. The van der Waals surface area contributed by atoms with Crippen LogP contribution < -0.4 is 0 Å². The van der Waals surface area contributed by atoms with Crippen LogP contribution >= 0.6 is 11.6 Å². The van der Waals surface area contributed by atoms with E-state index >= 15 is 0 Å². The smallest absolute Gasteiger partial charge is 0.335 e. The maximum absolute atomic E-state index is 11.2. The number of hydrogen-bond acceptors (Lipinski definition) is 3. The Kier molecular flexibility index (Phi) is 7.49. The zero-order valence-corrected chi connectivity index (χ0v) is 17.1. The van der Waals surface area contributed by atoms with E-state index in [1.807, 2.05) is 24.3 Å². The zero-order chi connectivity index (χ0) is 19.9. The number of halogens is 1. The third-order valence-corrected chi connectivity index (χ3v) is 5.74. The van der Waals surface area contributed by atoms with Gasteiger partial charge in [-0.2, -0.15) is 0 Å². The van der Waals surface area contributed by atoms with Crippen molar-refractivity contribution >= 4 is 17.6 Å². The summed E-state index contributed by atoms with van der Waals surface area (Å²) >= 11 is 6.45. The van der Waals surface area contributed by atoms with Gasteiger partial charge in [-0.1, -0.05) is 61.3 Å². The molecular formula is C23H28ClNO3. The van der Waals surface area contributed by atoms with Gasteiger partial charge in [0.1, 0.15) is 0 Å². The molecule has 1 atom stereocenters. The van der Waals surface area contributed by atoms with Crippen LogP contribution in [0.3, 0.4) is 0 Å². The van der Waals surface area contributed by atoms with E-state index in [9.17, 15) is 4.79 Å². The minimum absolute atomic E-state index is 0.218. The Morgan fingerprint density at radius 1 is 1.21 bits per heavy atom. The molecule has 0 bridgehead atoms. The number of ether oxygens (including phenoxy) is 1.